The van der Waals surface area contributed by atoms with Gasteiger partial charge in [-0.1, -0.05) is 68.7 Å². The van der Waals surface area contributed by atoms with Gasteiger partial charge in [-0.2, -0.15) is 0 Å². The second-order valence-corrected chi connectivity index (χ2v) is 11.8. The second-order valence-electron chi connectivity index (χ2n) is 11.8. The third-order valence-corrected chi connectivity index (χ3v) is 8.40. The van der Waals surface area contributed by atoms with E-state index in [1.165, 1.54) is 0 Å². The number of allylic oxidation sites excluding steroid dienone is 1. The predicted octanol–water partition coefficient (Wildman–Crippen LogP) is 3.78. The van der Waals surface area contributed by atoms with Gasteiger partial charge in [0.1, 0.15) is 5.41 Å². The van der Waals surface area contributed by atoms with Crippen LogP contribution in [0.15, 0.2) is 36.4 Å². The first-order chi connectivity index (χ1) is 18.6. The van der Waals surface area contributed by atoms with Crippen molar-refractivity contribution >= 4 is 23.7 Å². The normalized spacial score (nSPS) is 22.6. The lowest BCUT2D eigenvalue weighted by atomic mass is 9.58. The number of benzene rings is 1. The number of carbonyl (C=O) groups excluding carboxylic acids is 3. The maximum Gasteiger partial charge on any atom is 0.247 e. The van der Waals surface area contributed by atoms with E-state index in [0.29, 0.717) is 31.8 Å². The average Bonchev–Trinajstić information content (AvgIpc) is 2.91. The van der Waals surface area contributed by atoms with Gasteiger partial charge in [0.05, 0.1) is 6.04 Å². The van der Waals surface area contributed by atoms with Crippen LogP contribution in [0.2, 0.25) is 0 Å². The Morgan fingerprint density at radius 2 is 1.85 bits per heavy atom. The molecule has 9 nitrogen and oxygen atoms in total. The standard InChI is InChI=1S/C30H46N4O5/c1-21(31)26(35)30(3,28(37)33-32)20-29(2,19-23-14-9-15-23)24(16-10-13-22-11-5-4-6-12-22)27(36)34-39-25-17-7-8-18-38-25/h4-6,10-13,21,23-25H,7-9,14-20,31-32H2,1-3H3,(H,33,37)(H,34,36)/b13-10+/t21-,24-,25?,29-,30?/m1/s1. The van der Waals surface area contributed by atoms with E-state index in [2.05, 4.69) is 10.9 Å². The molecule has 216 valence electrons. The first-order valence-corrected chi connectivity index (χ1v) is 14.2. The lowest BCUT2D eigenvalue weighted by molar-refractivity contribution is -0.204. The number of nitrogens with two attached hydrogens (primary N) is 2. The van der Waals surface area contributed by atoms with Gasteiger partial charge in [0.25, 0.3) is 0 Å². The number of nitrogens with one attached hydrogen (secondary N) is 2. The molecule has 6 N–H and O–H groups in total. The molecule has 5 atom stereocenters. The quantitative estimate of drug-likeness (QED) is 0.121. The zero-order valence-corrected chi connectivity index (χ0v) is 23.6. The van der Waals surface area contributed by atoms with Crippen LogP contribution in [-0.2, 0) is 24.0 Å². The van der Waals surface area contributed by atoms with Crippen LogP contribution >= 0.6 is 0 Å². The topological polar surface area (TPSA) is 146 Å². The highest BCUT2D eigenvalue weighted by Crippen LogP contribution is 2.50. The molecule has 0 spiro atoms. The molecule has 0 bridgehead atoms. The smallest absolute Gasteiger partial charge is 0.247 e. The zero-order valence-electron chi connectivity index (χ0n) is 23.6. The molecule has 3 rings (SSSR count). The lowest BCUT2D eigenvalue weighted by Crippen LogP contribution is -2.55. The Hall–Kier alpha value is -2.59. The van der Waals surface area contributed by atoms with Crippen molar-refractivity contribution in [2.45, 2.75) is 90.9 Å². The minimum Gasteiger partial charge on any atom is -0.350 e. The summed E-state index contributed by atoms with van der Waals surface area (Å²) >= 11 is 0. The summed E-state index contributed by atoms with van der Waals surface area (Å²) in [5, 5.41) is 0. The Balaban J connectivity index is 1.94. The van der Waals surface area contributed by atoms with Crippen molar-refractivity contribution in [1.82, 2.24) is 10.9 Å². The summed E-state index contributed by atoms with van der Waals surface area (Å²) in [4.78, 5) is 45.9. The molecular weight excluding hydrogens is 496 g/mol. The molecule has 1 saturated carbocycles. The molecule has 39 heavy (non-hydrogen) atoms. The molecule has 1 aliphatic heterocycles. The molecule has 0 radical (unpaired) electrons. The number of Topliss-reactive ketones (excluding diaryl/α,β-unsaturated/α-hetero) is 1. The van der Waals surface area contributed by atoms with Gasteiger partial charge in [0.2, 0.25) is 11.8 Å². The molecule has 2 fully saturated rings. The minimum absolute atomic E-state index is 0.122. The van der Waals surface area contributed by atoms with Crippen LogP contribution in [0.5, 0.6) is 0 Å². The molecule has 1 aromatic carbocycles. The number of ether oxygens (including phenoxy) is 1. The van der Waals surface area contributed by atoms with Gasteiger partial charge in [0.15, 0.2) is 12.1 Å². The molecular formula is C30H46N4O5. The number of ketones is 1. The largest absolute Gasteiger partial charge is 0.350 e. The highest BCUT2D eigenvalue weighted by Gasteiger charge is 2.51. The molecule has 0 aromatic heterocycles. The van der Waals surface area contributed by atoms with E-state index in [-0.39, 0.29) is 12.3 Å². The number of hydrazine groups is 1. The molecule has 2 unspecified atom stereocenters. The number of hydrogen-bond donors (Lipinski definition) is 4. The maximum atomic E-state index is 13.8. The van der Waals surface area contributed by atoms with Gasteiger partial charge in [-0.15, -0.1) is 0 Å². The maximum absolute atomic E-state index is 13.8. The highest BCUT2D eigenvalue weighted by atomic mass is 16.8. The summed E-state index contributed by atoms with van der Waals surface area (Å²) in [5.74, 6) is 4.05. The summed E-state index contributed by atoms with van der Waals surface area (Å²) in [5.41, 5.74) is 9.60. The van der Waals surface area contributed by atoms with E-state index >= 15 is 0 Å². The van der Waals surface area contributed by atoms with Crippen molar-refractivity contribution in [1.29, 1.82) is 0 Å². The molecule has 9 heteroatoms. The Kier molecular flexibility index (Phi) is 11.2. The van der Waals surface area contributed by atoms with E-state index < -0.39 is 40.8 Å². The Morgan fingerprint density at radius 3 is 2.41 bits per heavy atom. The van der Waals surface area contributed by atoms with Gasteiger partial charge in [-0.25, -0.2) is 16.2 Å². The fourth-order valence-corrected chi connectivity index (χ4v) is 6.05. The van der Waals surface area contributed by atoms with Gasteiger partial charge >= 0.3 is 0 Å². The van der Waals surface area contributed by atoms with Gasteiger partial charge in [0, 0.05) is 18.9 Å². The van der Waals surface area contributed by atoms with E-state index in [1.54, 1.807) is 13.8 Å². The number of hydroxylamine groups is 1. The summed E-state index contributed by atoms with van der Waals surface area (Å²) in [7, 11) is 0. The van der Waals surface area contributed by atoms with Crippen LogP contribution in [-0.4, -0.2) is 36.5 Å². The van der Waals surface area contributed by atoms with Crippen molar-refractivity contribution in [2.24, 2.45) is 34.2 Å². The monoisotopic (exact) mass is 542 g/mol. The SMILES string of the molecule is C[C@@H](N)C(=O)C(C)(C[C@@](C)(CC1CCC1)[C@H](C/C=C/c1ccccc1)C(=O)NOC1CCCCO1)C(=O)NN. The Bertz CT molecular complexity index is 990. The molecule has 1 aliphatic carbocycles. The highest BCUT2D eigenvalue weighted by molar-refractivity contribution is 6.07. The Morgan fingerprint density at radius 1 is 1.13 bits per heavy atom. The van der Waals surface area contributed by atoms with Gasteiger partial charge in [-0.3, -0.25) is 19.8 Å². The van der Waals surface area contributed by atoms with E-state index in [0.717, 1.165) is 37.7 Å². The van der Waals surface area contributed by atoms with Crippen LogP contribution in [0.4, 0.5) is 0 Å². The summed E-state index contributed by atoms with van der Waals surface area (Å²) < 4.78 is 5.63. The summed E-state index contributed by atoms with van der Waals surface area (Å²) in [6.07, 6.45) is 10.5. The Labute approximate surface area is 232 Å². The molecule has 2 amide bonds. The van der Waals surface area contributed by atoms with Crippen LogP contribution < -0.4 is 22.5 Å². The third-order valence-electron chi connectivity index (χ3n) is 8.40. The van der Waals surface area contributed by atoms with Crippen molar-refractivity contribution in [2.75, 3.05) is 6.61 Å². The van der Waals surface area contributed by atoms with E-state index in [1.807, 2.05) is 49.4 Å². The van der Waals surface area contributed by atoms with Crippen molar-refractivity contribution < 1.29 is 24.0 Å². The van der Waals surface area contributed by atoms with Crippen molar-refractivity contribution in [3.05, 3.63) is 42.0 Å². The van der Waals surface area contributed by atoms with E-state index in [9.17, 15) is 14.4 Å². The molecule has 1 aromatic rings. The van der Waals surface area contributed by atoms with Crippen molar-refractivity contribution in [3.8, 4) is 0 Å². The molecule has 1 saturated heterocycles. The number of amides is 2. The van der Waals surface area contributed by atoms with Gasteiger partial charge < -0.3 is 10.5 Å². The fraction of sp³-hybridized carbons (Fsp3) is 0.633. The second kappa shape index (κ2) is 14.2. The fourth-order valence-electron chi connectivity index (χ4n) is 6.05. The predicted molar refractivity (Wildman–Crippen MR) is 150 cm³/mol. The van der Waals surface area contributed by atoms with Crippen LogP contribution in [0.25, 0.3) is 6.08 Å². The molecule has 1 heterocycles. The zero-order chi connectivity index (χ0) is 28.5. The first-order valence-electron chi connectivity index (χ1n) is 14.2. The summed E-state index contributed by atoms with van der Waals surface area (Å²) in [6.45, 7) is 5.74. The first kappa shape index (κ1) is 30.9. The van der Waals surface area contributed by atoms with E-state index in [4.69, 9.17) is 21.2 Å². The van der Waals surface area contributed by atoms with Crippen LogP contribution in [0.3, 0.4) is 0 Å². The number of rotatable bonds is 14. The van der Waals surface area contributed by atoms with Crippen LogP contribution in [0, 0.1) is 22.7 Å². The summed E-state index contributed by atoms with van der Waals surface area (Å²) in [6, 6.07) is 8.99. The lowest BCUT2D eigenvalue weighted by Gasteiger charge is -2.45. The number of carbonyl (C=O) groups is 3. The molecule has 2 aliphatic rings. The third kappa shape index (κ3) is 8.20. The van der Waals surface area contributed by atoms with Crippen molar-refractivity contribution in [3.63, 3.8) is 0 Å². The average molecular weight is 543 g/mol. The number of hydrogen-bond acceptors (Lipinski definition) is 7. The van der Waals surface area contributed by atoms with Gasteiger partial charge in [-0.05, 0) is 62.8 Å². The minimum atomic E-state index is -1.50. The van der Waals surface area contributed by atoms with Crippen LogP contribution in [0.1, 0.15) is 84.1 Å².